The number of nitrogens with one attached hydrogen (secondary N) is 2. The van der Waals surface area contributed by atoms with Gasteiger partial charge >= 0.3 is 0 Å². The summed E-state index contributed by atoms with van der Waals surface area (Å²) < 4.78 is 10.7. The lowest BCUT2D eigenvalue weighted by Crippen LogP contribution is -2.58. The molecule has 1 aromatic carbocycles. The van der Waals surface area contributed by atoms with Crippen molar-refractivity contribution in [3.63, 3.8) is 0 Å². The highest BCUT2D eigenvalue weighted by molar-refractivity contribution is 7.13. The molecule has 1 fully saturated rings. The molecule has 43 heavy (non-hydrogen) atoms. The van der Waals surface area contributed by atoms with Crippen molar-refractivity contribution < 1.29 is 29.0 Å². The highest BCUT2D eigenvalue weighted by Crippen LogP contribution is 2.29. The van der Waals surface area contributed by atoms with Gasteiger partial charge in [-0.3, -0.25) is 14.4 Å². The van der Waals surface area contributed by atoms with Crippen LogP contribution in [0.2, 0.25) is 0 Å². The van der Waals surface area contributed by atoms with Crippen molar-refractivity contribution in [2.24, 2.45) is 11.1 Å². The fourth-order valence-electron chi connectivity index (χ4n) is 4.82. The summed E-state index contributed by atoms with van der Waals surface area (Å²) in [5, 5.41) is 16.3. The summed E-state index contributed by atoms with van der Waals surface area (Å²) in [5.41, 5.74) is 9.50. The van der Waals surface area contributed by atoms with Crippen LogP contribution >= 0.6 is 23.7 Å². The van der Waals surface area contributed by atoms with E-state index in [1.165, 1.54) is 4.90 Å². The standard InChI is InChI=1S/C30H45N5O6S.ClH/c1-19(21-6-8-22(9-7-21)26-20(2)32-18-42-26)33-28(38)24-16-23(36)17-35(24)29(39)27(30(3,4)5)34-25(37)10-12-40-14-15-41-13-11-31;/h6-9,18-19,23-24,27,36H,10-17,31H2,1-5H3,(H,33,38)(H,34,37);1H/t19-,23+,24-,27+;/m0./s1. The molecule has 0 radical (unpaired) electrons. The minimum Gasteiger partial charge on any atom is -0.391 e. The van der Waals surface area contributed by atoms with Gasteiger partial charge in [0.25, 0.3) is 0 Å². The Hall–Kier alpha value is -2.61. The number of rotatable bonds is 14. The lowest BCUT2D eigenvalue weighted by molar-refractivity contribution is -0.144. The zero-order valence-corrected chi connectivity index (χ0v) is 27.3. The van der Waals surface area contributed by atoms with Gasteiger partial charge in [0.15, 0.2) is 0 Å². The number of amides is 3. The highest BCUT2D eigenvalue weighted by Gasteiger charge is 2.44. The number of aliphatic hydroxyl groups excluding tert-OH is 1. The van der Waals surface area contributed by atoms with Gasteiger partial charge in [-0.2, -0.15) is 0 Å². The molecule has 1 aromatic heterocycles. The number of hydrogen-bond donors (Lipinski definition) is 4. The van der Waals surface area contributed by atoms with E-state index in [9.17, 15) is 19.5 Å². The Bertz CT molecular complexity index is 1190. The monoisotopic (exact) mass is 639 g/mol. The molecule has 4 atom stereocenters. The van der Waals surface area contributed by atoms with Crippen LogP contribution in [0.25, 0.3) is 10.4 Å². The molecular formula is C30H46ClN5O6S. The number of halogens is 1. The van der Waals surface area contributed by atoms with E-state index in [0.29, 0.717) is 26.4 Å². The number of benzene rings is 1. The normalized spacial score (nSPS) is 18.1. The molecule has 0 bridgehead atoms. The van der Waals surface area contributed by atoms with Crippen LogP contribution in [0.4, 0.5) is 0 Å². The van der Waals surface area contributed by atoms with Crippen LogP contribution in [0.1, 0.15) is 57.8 Å². The third-order valence-corrected chi connectivity index (χ3v) is 8.15. The van der Waals surface area contributed by atoms with Gasteiger partial charge < -0.3 is 35.8 Å². The van der Waals surface area contributed by atoms with Crippen molar-refractivity contribution in [1.29, 1.82) is 0 Å². The zero-order chi connectivity index (χ0) is 30.9. The molecule has 1 aliphatic rings. The van der Waals surface area contributed by atoms with E-state index in [4.69, 9.17) is 15.2 Å². The Labute approximate surface area is 264 Å². The molecule has 1 saturated heterocycles. The maximum absolute atomic E-state index is 13.8. The first kappa shape index (κ1) is 36.6. The van der Waals surface area contributed by atoms with Crippen molar-refractivity contribution in [3.05, 3.63) is 41.0 Å². The Morgan fingerprint density at radius 3 is 2.35 bits per heavy atom. The number of carbonyl (C=O) groups is 3. The lowest BCUT2D eigenvalue weighted by atomic mass is 9.85. The summed E-state index contributed by atoms with van der Waals surface area (Å²) in [5.74, 6) is -1.09. The number of hydrogen-bond acceptors (Lipinski definition) is 9. The van der Waals surface area contributed by atoms with Gasteiger partial charge in [-0.1, -0.05) is 45.0 Å². The molecule has 2 aromatic rings. The van der Waals surface area contributed by atoms with Crippen LogP contribution in [0.3, 0.4) is 0 Å². The van der Waals surface area contributed by atoms with Gasteiger partial charge in [-0.05, 0) is 30.4 Å². The number of ether oxygens (including phenoxy) is 2. The number of aliphatic hydroxyl groups is 1. The largest absolute Gasteiger partial charge is 0.391 e. The second-order valence-corrected chi connectivity index (χ2v) is 12.5. The lowest BCUT2D eigenvalue weighted by Gasteiger charge is -2.35. The molecule has 0 saturated carbocycles. The van der Waals surface area contributed by atoms with Crippen molar-refractivity contribution in [1.82, 2.24) is 20.5 Å². The number of nitrogens with zero attached hydrogens (tertiary/aromatic N) is 2. The Balaban J connectivity index is 0.00000645. The van der Waals surface area contributed by atoms with Gasteiger partial charge in [0, 0.05) is 25.9 Å². The van der Waals surface area contributed by atoms with Crippen LogP contribution in [0, 0.1) is 12.3 Å². The Morgan fingerprint density at radius 2 is 1.77 bits per heavy atom. The molecule has 0 spiro atoms. The van der Waals surface area contributed by atoms with Gasteiger partial charge in [0.05, 0.1) is 54.7 Å². The number of carbonyl (C=O) groups excluding carboxylic acids is 3. The molecule has 11 nitrogen and oxygen atoms in total. The smallest absolute Gasteiger partial charge is 0.246 e. The van der Waals surface area contributed by atoms with Gasteiger partial charge in [0.2, 0.25) is 17.7 Å². The first-order valence-corrected chi connectivity index (χ1v) is 15.2. The van der Waals surface area contributed by atoms with Crippen LogP contribution in [-0.4, -0.2) is 90.4 Å². The van der Waals surface area contributed by atoms with Crippen molar-refractivity contribution in [2.75, 3.05) is 39.5 Å². The maximum Gasteiger partial charge on any atom is 0.246 e. The molecule has 3 rings (SSSR count). The topological polar surface area (TPSA) is 156 Å². The predicted octanol–water partition coefficient (Wildman–Crippen LogP) is 2.59. The quantitative estimate of drug-likeness (QED) is 0.230. The maximum atomic E-state index is 13.8. The SMILES string of the molecule is Cc1ncsc1-c1ccc([C@H](C)NC(=O)[C@@H]2C[C@@H](O)CN2C(=O)[C@@H](NC(=O)CCOCCOCCN)C(C)(C)C)cc1.Cl. The zero-order valence-electron chi connectivity index (χ0n) is 25.6. The average Bonchev–Trinajstić information content (AvgIpc) is 3.55. The summed E-state index contributed by atoms with van der Waals surface area (Å²) in [6.45, 7) is 11.2. The number of thiazole rings is 1. The Morgan fingerprint density at radius 1 is 1.12 bits per heavy atom. The molecule has 5 N–H and O–H groups in total. The van der Waals surface area contributed by atoms with Crippen LogP contribution in [0.15, 0.2) is 29.8 Å². The van der Waals surface area contributed by atoms with E-state index >= 15 is 0 Å². The predicted molar refractivity (Wildman–Crippen MR) is 169 cm³/mol. The van der Waals surface area contributed by atoms with E-state index < -0.39 is 29.5 Å². The summed E-state index contributed by atoms with van der Waals surface area (Å²) in [6, 6.07) is 5.88. The van der Waals surface area contributed by atoms with Crippen LogP contribution < -0.4 is 16.4 Å². The first-order valence-electron chi connectivity index (χ1n) is 14.4. The molecule has 13 heteroatoms. The Kier molecular flexibility index (Phi) is 14.5. The second-order valence-electron chi connectivity index (χ2n) is 11.6. The summed E-state index contributed by atoms with van der Waals surface area (Å²) >= 11 is 1.58. The fraction of sp³-hybridized carbons (Fsp3) is 0.600. The van der Waals surface area contributed by atoms with E-state index in [1.54, 1.807) is 11.3 Å². The fourth-order valence-corrected chi connectivity index (χ4v) is 5.63. The molecule has 0 unspecified atom stereocenters. The minimum atomic E-state index is -0.890. The number of β-amino-alcohol motifs (C(OH)–C–C–N with tert-alkyl or cyclic N) is 1. The molecule has 2 heterocycles. The van der Waals surface area contributed by atoms with E-state index in [0.717, 1.165) is 21.7 Å². The number of aryl methyl sites for hydroxylation is 1. The summed E-state index contributed by atoms with van der Waals surface area (Å²) in [7, 11) is 0. The van der Waals surface area contributed by atoms with E-state index in [-0.39, 0.29) is 56.3 Å². The van der Waals surface area contributed by atoms with Gasteiger partial charge in [-0.25, -0.2) is 4.98 Å². The molecule has 1 aliphatic heterocycles. The first-order chi connectivity index (χ1) is 19.9. The van der Waals surface area contributed by atoms with Crippen molar-refractivity contribution in [3.8, 4) is 10.4 Å². The minimum absolute atomic E-state index is 0. The van der Waals surface area contributed by atoms with Crippen LogP contribution in [0.5, 0.6) is 0 Å². The molecule has 3 amide bonds. The van der Waals surface area contributed by atoms with Crippen molar-refractivity contribution in [2.45, 2.75) is 71.7 Å². The average molecular weight is 640 g/mol. The van der Waals surface area contributed by atoms with Crippen molar-refractivity contribution >= 4 is 41.5 Å². The van der Waals surface area contributed by atoms with Gasteiger partial charge in [0.1, 0.15) is 12.1 Å². The third kappa shape index (κ3) is 10.5. The van der Waals surface area contributed by atoms with E-state index in [1.807, 2.05) is 64.4 Å². The number of likely N-dealkylation sites (tertiary alicyclic amines) is 1. The van der Waals surface area contributed by atoms with E-state index in [2.05, 4.69) is 15.6 Å². The summed E-state index contributed by atoms with van der Waals surface area (Å²) in [6.07, 6.45) is -0.644. The molecular weight excluding hydrogens is 594 g/mol. The molecule has 240 valence electrons. The summed E-state index contributed by atoms with van der Waals surface area (Å²) in [4.78, 5) is 46.7. The second kappa shape index (κ2) is 17.0. The third-order valence-electron chi connectivity index (χ3n) is 7.17. The van der Waals surface area contributed by atoms with Crippen LogP contribution in [-0.2, 0) is 23.9 Å². The molecule has 0 aliphatic carbocycles. The number of nitrogens with two attached hydrogens (primary N) is 1. The number of aromatic nitrogens is 1. The van der Waals surface area contributed by atoms with Gasteiger partial charge in [-0.15, -0.1) is 23.7 Å². The highest BCUT2D eigenvalue weighted by atomic mass is 35.5.